The number of esters is 1. The first kappa shape index (κ1) is 19.9. The number of nitrogens with one attached hydrogen (secondary N) is 1. The summed E-state index contributed by atoms with van der Waals surface area (Å²) in [6.07, 6.45) is 5.41. The summed E-state index contributed by atoms with van der Waals surface area (Å²) < 4.78 is 11.2. The molecule has 5 nitrogen and oxygen atoms in total. The largest absolute Gasteiger partial charge is 0.491 e. The second-order valence-electron chi connectivity index (χ2n) is 7.39. The molecule has 5 heteroatoms. The SMILES string of the molecule is CC(C)Oc1cccc(C(=O)Nc2ccc(C(=O)OC3CCCCC3)cc2)c1. The lowest BCUT2D eigenvalue weighted by Gasteiger charge is -2.21. The number of amides is 1. The van der Waals surface area contributed by atoms with Gasteiger partial charge in [-0.3, -0.25) is 4.79 Å². The van der Waals surface area contributed by atoms with Gasteiger partial charge in [-0.25, -0.2) is 4.79 Å². The molecule has 0 radical (unpaired) electrons. The van der Waals surface area contributed by atoms with Gasteiger partial charge in [-0.2, -0.15) is 0 Å². The minimum atomic E-state index is -0.302. The quantitative estimate of drug-likeness (QED) is 0.697. The Kier molecular flexibility index (Phi) is 6.69. The molecule has 0 aromatic heterocycles. The molecule has 0 unspecified atom stereocenters. The predicted molar refractivity (Wildman–Crippen MR) is 109 cm³/mol. The number of rotatable bonds is 6. The number of benzene rings is 2. The Balaban J connectivity index is 1.59. The highest BCUT2D eigenvalue weighted by atomic mass is 16.5. The zero-order chi connectivity index (χ0) is 19.9. The van der Waals surface area contributed by atoms with Crippen LogP contribution >= 0.6 is 0 Å². The van der Waals surface area contributed by atoms with E-state index in [0.29, 0.717) is 22.6 Å². The van der Waals surface area contributed by atoms with Gasteiger partial charge in [-0.1, -0.05) is 12.5 Å². The molecule has 0 aliphatic heterocycles. The second kappa shape index (κ2) is 9.40. The average molecular weight is 381 g/mol. The molecular formula is C23H27NO4. The van der Waals surface area contributed by atoms with Crippen LogP contribution in [0.15, 0.2) is 48.5 Å². The van der Waals surface area contributed by atoms with Crippen molar-refractivity contribution in [3.63, 3.8) is 0 Å². The molecule has 148 valence electrons. The van der Waals surface area contributed by atoms with E-state index in [4.69, 9.17) is 9.47 Å². The molecule has 1 saturated carbocycles. The van der Waals surface area contributed by atoms with Crippen LogP contribution in [0.1, 0.15) is 66.7 Å². The maximum atomic E-state index is 12.5. The van der Waals surface area contributed by atoms with E-state index in [0.717, 1.165) is 25.7 Å². The van der Waals surface area contributed by atoms with E-state index in [9.17, 15) is 9.59 Å². The van der Waals surface area contributed by atoms with Crippen molar-refractivity contribution in [1.82, 2.24) is 0 Å². The van der Waals surface area contributed by atoms with Gasteiger partial charge in [0.2, 0.25) is 0 Å². The standard InChI is InChI=1S/C23H27NO4/c1-16(2)27-21-10-6-7-18(15-21)22(25)24-19-13-11-17(12-14-19)23(26)28-20-8-4-3-5-9-20/h6-7,10-16,20H,3-5,8-9H2,1-2H3,(H,24,25). The first-order valence-corrected chi connectivity index (χ1v) is 9.90. The Morgan fingerprint density at radius 2 is 1.68 bits per heavy atom. The Labute approximate surface area is 166 Å². The summed E-state index contributed by atoms with van der Waals surface area (Å²) in [6, 6.07) is 13.8. The molecule has 1 fully saturated rings. The topological polar surface area (TPSA) is 64.6 Å². The molecule has 1 aliphatic carbocycles. The van der Waals surface area contributed by atoms with Crippen LogP contribution in [-0.2, 0) is 4.74 Å². The number of carbonyl (C=O) groups is 2. The number of anilines is 1. The fraction of sp³-hybridized carbons (Fsp3) is 0.391. The van der Waals surface area contributed by atoms with Crippen molar-refractivity contribution in [2.75, 3.05) is 5.32 Å². The first-order valence-electron chi connectivity index (χ1n) is 9.90. The molecule has 0 bridgehead atoms. The molecule has 0 saturated heterocycles. The summed E-state index contributed by atoms with van der Waals surface area (Å²) in [4.78, 5) is 24.7. The zero-order valence-electron chi connectivity index (χ0n) is 16.4. The summed E-state index contributed by atoms with van der Waals surface area (Å²) in [7, 11) is 0. The number of hydrogen-bond acceptors (Lipinski definition) is 4. The molecule has 2 aromatic carbocycles. The van der Waals surface area contributed by atoms with E-state index in [1.54, 1.807) is 42.5 Å². The fourth-order valence-corrected chi connectivity index (χ4v) is 3.28. The van der Waals surface area contributed by atoms with Crippen LogP contribution in [0.5, 0.6) is 5.75 Å². The van der Waals surface area contributed by atoms with Crippen molar-refractivity contribution in [3.05, 3.63) is 59.7 Å². The van der Waals surface area contributed by atoms with Crippen molar-refractivity contribution in [2.45, 2.75) is 58.2 Å². The Hall–Kier alpha value is -2.82. The van der Waals surface area contributed by atoms with Crippen LogP contribution in [0.4, 0.5) is 5.69 Å². The molecule has 28 heavy (non-hydrogen) atoms. The van der Waals surface area contributed by atoms with Gasteiger partial charge >= 0.3 is 5.97 Å². The van der Waals surface area contributed by atoms with Gasteiger partial charge in [0, 0.05) is 11.3 Å². The van der Waals surface area contributed by atoms with E-state index < -0.39 is 0 Å². The predicted octanol–water partition coefficient (Wildman–Crippen LogP) is 5.22. The van der Waals surface area contributed by atoms with E-state index in [-0.39, 0.29) is 24.1 Å². The zero-order valence-corrected chi connectivity index (χ0v) is 16.4. The van der Waals surface area contributed by atoms with E-state index in [1.165, 1.54) is 6.42 Å². The van der Waals surface area contributed by atoms with Crippen molar-refractivity contribution >= 4 is 17.6 Å². The highest BCUT2D eigenvalue weighted by Gasteiger charge is 2.18. The molecule has 1 aliphatic rings. The van der Waals surface area contributed by atoms with Gasteiger partial charge in [-0.05, 0) is 82.0 Å². The van der Waals surface area contributed by atoms with Crippen molar-refractivity contribution in [1.29, 1.82) is 0 Å². The summed E-state index contributed by atoms with van der Waals surface area (Å²) in [5, 5.41) is 2.84. The molecular weight excluding hydrogens is 354 g/mol. The van der Waals surface area contributed by atoms with Crippen LogP contribution in [0, 0.1) is 0 Å². The third-order valence-corrected chi connectivity index (χ3v) is 4.67. The van der Waals surface area contributed by atoms with Gasteiger partial charge in [0.25, 0.3) is 5.91 Å². The summed E-state index contributed by atoms with van der Waals surface area (Å²) in [5.74, 6) is 0.124. The second-order valence-corrected chi connectivity index (χ2v) is 7.39. The van der Waals surface area contributed by atoms with E-state index in [2.05, 4.69) is 5.32 Å². The Morgan fingerprint density at radius 1 is 0.964 bits per heavy atom. The monoisotopic (exact) mass is 381 g/mol. The van der Waals surface area contributed by atoms with Crippen molar-refractivity contribution in [3.8, 4) is 5.75 Å². The maximum Gasteiger partial charge on any atom is 0.338 e. The summed E-state index contributed by atoms with van der Waals surface area (Å²) in [6.45, 7) is 3.88. The smallest absolute Gasteiger partial charge is 0.338 e. The van der Waals surface area contributed by atoms with Gasteiger partial charge in [0.05, 0.1) is 11.7 Å². The van der Waals surface area contributed by atoms with Crippen LogP contribution in [-0.4, -0.2) is 24.1 Å². The normalized spacial score (nSPS) is 14.5. The minimum absolute atomic E-state index is 0.0287. The van der Waals surface area contributed by atoms with Crippen LogP contribution in [0.2, 0.25) is 0 Å². The highest BCUT2D eigenvalue weighted by Crippen LogP contribution is 2.22. The van der Waals surface area contributed by atoms with Gasteiger partial charge < -0.3 is 14.8 Å². The van der Waals surface area contributed by atoms with E-state index in [1.807, 2.05) is 19.9 Å². The summed E-state index contributed by atoms with van der Waals surface area (Å²) >= 11 is 0. The molecule has 0 spiro atoms. The third-order valence-electron chi connectivity index (χ3n) is 4.67. The number of hydrogen-bond donors (Lipinski definition) is 1. The molecule has 1 N–H and O–H groups in total. The fourth-order valence-electron chi connectivity index (χ4n) is 3.28. The highest BCUT2D eigenvalue weighted by molar-refractivity contribution is 6.04. The lowest BCUT2D eigenvalue weighted by molar-refractivity contribution is 0.0211. The number of carbonyl (C=O) groups excluding carboxylic acids is 2. The maximum absolute atomic E-state index is 12.5. The molecule has 0 atom stereocenters. The third kappa shape index (κ3) is 5.59. The lowest BCUT2D eigenvalue weighted by Crippen LogP contribution is -2.21. The number of ether oxygens (including phenoxy) is 2. The molecule has 0 heterocycles. The van der Waals surface area contributed by atoms with Crippen molar-refractivity contribution in [2.24, 2.45) is 0 Å². The lowest BCUT2D eigenvalue weighted by atomic mass is 9.98. The minimum Gasteiger partial charge on any atom is -0.491 e. The first-order chi connectivity index (χ1) is 13.5. The van der Waals surface area contributed by atoms with Crippen molar-refractivity contribution < 1.29 is 19.1 Å². The summed E-state index contributed by atoms with van der Waals surface area (Å²) in [5.41, 5.74) is 1.63. The Bertz CT molecular complexity index is 808. The van der Waals surface area contributed by atoms with Gasteiger partial charge in [0.1, 0.15) is 11.9 Å². The van der Waals surface area contributed by atoms with E-state index >= 15 is 0 Å². The van der Waals surface area contributed by atoms with Crippen LogP contribution in [0.25, 0.3) is 0 Å². The van der Waals surface area contributed by atoms with Crippen LogP contribution < -0.4 is 10.1 Å². The molecule has 2 aromatic rings. The average Bonchev–Trinajstić information content (AvgIpc) is 2.69. The van der Waals surface area contributed by atoms with Gasteiger partial charge in [0.15, 0.2) is 0 Å². The Morgan fingerprint density at radius 3 is 2.36 bits per heavy atom. The van der Waals surface area contributed by atoms with Gasteiger partial charge in [-0.15, -0.1) is 0 Å². The van der Waals surface area contributed by atoms with Crippen LogP contribution in [0.3, 0.4) is 0 Å². The molecule has 1 amide bonds. The molecule has 3 rings (SSSR count).